The largest absolute Gasteiger partial charge is 0.484 e. The van der Waals surface area contributed by atoms with Gasteiger partial charge in [-0.3, -0.25) is 4.79 Å². The first-order valence-electron chi connectivity index (χ1n) is 13.5. The van der Waals surface area contributed by atoms with E-state index in [1.807, 2.05) is 25.2 Å². The van der Waals surface area contributed by atoms with Crippen molar-refractivity contribution in [1.29, 1.82) is 0 Å². The maximum absolute atomic E-state index is 13.0. The van der Waals surface area contributed by atoms with Crippen molar-refractivity contribution in [3.63, 3.8) is 0 Å². The summed E-state index contributed by atoms with van der Waals surface area (Å²) >= 11 is 0. The third kappa shape index (κ3) is 6.61. The zero-order valence-electron chi connectivity index (χ0n) is 22.9. The van der Waals surface area contributed by atoms with Crippen molar-refractivity contribution in [2.75, 3.05) is 19.0 Å². The quantitative estimate of drug-likeness (QED) is 0.253. The summed E-state index contributed by atoms with van der Waals surface area (Å²) in [7, 11) is 1.82. The third-order valence-corrected chi connectivity index (χ3v) is 7.60. The van der Waals surface area contributed by atoms with Crippen LogP contribution in [0.1, 0.15) is 58.9 Å². The molecule has 0 bridgehead atoms. The van der Waals surface area contributed by atoms with Gasteiger partial charge in [0.15, 0.2) is 6.61 Å². The van der Waals surface area contributed by atoms with Crippen LogP contribution in [-0.4, -0.2) is 46.3 Å². The van der Waals surface area contributed by atoms with Crippen LogP contribution in [0.5, 0.6) is 11.5 Å². The molecule has 2 aliphatic carbocycles. The maximum atomic E-state index is 13.0. The topological polar surface area (TPSA) is 94.6 Å². The summed E-state index contributed by atoms with van der Waals surface area (Å²) < 4.78 is 38.6. The van der Waals surface area contributed by atoms with Gasteiger partial charge < -0.3 is 24.3 Å². The van der Waals surface area contributed by atoms with Crippen molar-refractivity contribution in [2.45, 2.75) is 71.2 Å². The molecule has 1 heterocycles. The summed E-state index contributed by atoms with van der Waals surface area (Å²) in [5.74, 6) is 1.71. The molecule has 10 heteroatoms. The number of nitrogens with one attached hydrogen (secondary N) is 1. The first-order valence-corrected chi connectivity index (χ1v) is 13.5. The lowest BCUT2D eigenvalue weighted by Gasteiger charge is -2.40. The van der Waals surface area contributed by atoms with Gasteiger partial charge in [-0.15, -0.1) is 8.78 Å². The summed E-state index contributed by atoms with van der Waals surface area (Å²) in [6.07, 6.45) is 1.53. The molecule has 2 aromatic carbocycles. The monoisotopic (exact) mass is 541 g/mol. The van der Waals surface area contributed by atoms with Crippen LogP contribution >= 0.6 is 0 Å². The Balaban J connectivity index is 1.43. The second-order valence-corrected chi connectivity index (χ2v) is 11.9. The Morgan fingerprint density at radius 1 is 1.18 bits per heavy atom. The molecule has 0 spiro atoms. The summed E-state index contributed by atoms with van der Waals surface area (Å²) in [4.78, 5) is 19.1. The van der Waals surface area contributed by atoms with Gasteiger partial charge >= 0.3 is 6.23 Å². The standard InChI is InChI=1S/C29H37F2N5O3/c1-18-13-21(16-28(2,3)15-18)36-25-12-11-23(38-17-26(37)35(4)20-7-8-20)14-24(25)34-27(36)33-19-5-9-22(10-6-19)39-29(30,31)32/h5-6,9-12,14,18,20-21H,7-8,13,15-17,32H2,1-4H3,(H,33,34)/t18-,21+/m0/s1. The minimum Gasteiger partial charge on any atom is -0.484 e. The highest BCUT2D eigenvalue weighted by Crippen LogP contribution is 2.46. The van der Waals surface area contributed by atoms with Crippen LogP contribution in [0.2, 0.25) is 0 Å². The zero-order valence-corrected chi connectivity index (χ0v) is 22.9. The molecule has 0 radical (unpaired) electrons. The molecule has 39 heavy (non-hydrogen) atoms. The van der Waals surface area contributed by atoms with Gasteiger partial charge in [-0.05, 0) is 79.8 Å². The van der Waals surface area contributed by atoms with Gasteiger partial charge in [0.2, 0.25) is 5.95 Å². The number of benzene rings is 2. The van der Waals surface area contributed by atoms with E-state index in [1.54, 1.807) is 17.0 Å². The molecule has 210 valence electrons. The number of nitrogens with zero attached hydrogens (tertiary/aromatic N) is 3. The molecule has 0 unspecified atom stereocenters. The van der Waals surface area contributed by atoms with E-state index in [9.17, 15) is 13.6 Å². The fourth-order valence-electron chi connectivity index (χ4n) is 5.92. The van der Waals surface area contributed by atoms with Gasteiger partial charge in [0.1, 0.15) is 11.5 Å². The Kier molecular flexibility index (Phi) is 7.17. The Labute approximate surface area is 227 Å². The Morgan fingerprint density at radius 2 is 1.87 bits per heavy atom. The van der Waals surface area contributed by atoms with E-state index < -0.39 is 6.23 Å². The predicted octanol–water partition coefficient (Wildman–Crippen LogP) is 6.05. The molecule has 2 saturated carbocycles. The number of carbonyl (C=O) groups is 1. The van der Waals surface area contributed by atoms with E-state index >= 15 is 0 Å². The SMILES string of the molecule is C[C@H]1C[C@@H](n2c(Nc3ccc(OC(N)(F)F)cc3)nc3cc(OCC(=O)N(C)C4CC4)ccc32)CC(C)(C)C1. The number of aromatic nitrogens is 2. The summed E-state index contributed by atoms with van der Waals surface area (Å²) in [6, 6.07) is 12.4. The van der Waals surface area contributed by atoms with Crippen molar-refractivity contribution in [1.82, 2.24) is 14.5 Å². The van der Waals surface area contributed by atoms with E-state index in [2.05, 4.69) is 41.1 Å². The highest BCUT2D eigenvalue weighted by Gasteiger charge is 2.35. The molecule has 0 saturated heterocycles. The molecule has 0 aliphatic heterocycles. The number of carbonyl (C=O) groups excluding carboxylic acids is 1. The minimum atomic E-state index is -3.74. The fourth-order valence-corrected chi connectivity index (χ4v) is 5.92. The van der Waals surface area contributed by atoms with Gasteiger partial charge in [0.05, 0.1) is 11.0 Å². The van der Waals surface area contributed by atoms with Gasteiger partial charge in [-0.25, -0.2) is 10.7 Å². The lowest BCUT2D eigenvalue weighted by atomic mass is 9.70. The van der Waals surface area contributed by atoms with Gasteiger partial charge in [0.25, 0.3) is 5.91 Å². The Morgan fingerprint density at radius 3 is 2.51 bits per heavy atom. The fraction of sp³-hybridized carbons (Fsp3) is 0.517. The van der Waals surface area contributed by atoms with Crippen LogP contribution < -0.4 is 20.5 Å². The molecule has 3 aromatic rings. The summed E-state index contributed by atoms with van der Waals surface area (Å²) in [5.41, 5.74) is 7.24. The smallest absolute Gasteiger partial charge is 0.466 e. The number of hydrogen-bond donors (Lipinski definition) is 2. The number of hydrogen-bond acceptors (Lipinski definition) is 6. The molecular weight excluding hydrogens is 504 g/mol. The second-order valence-electron chi connectivity index (χ2n) is 11.9. The van der Waals surface area contributed by atoms with Crippen LogP contribution in [0.25, 0.3) is 11.0 Å². The first-order chi connectivity index (χ1) is 18.4. The molecule has 3 N–H and O–H groups in total. The zero-order chi connectivity index (χ0) is 27.9. The third-order valence-electron chi connectivity index (χ3n) is 7.60. The molecule has 2 aliphatic rings. The van der Waals surface area contributed by atoms with Crippen molar-refractivity contribution in [2.24, 2.45) is 17.1 Å². The maximum Gasteiger partial charge on any atom is 0.466 e. The van der Waals surface area contributed by atoms with Gasteiger partial charge in [0, 0.05) is 30.9 Å². The highest BCUT2D eigenvalue weighted by molar-refractivity contribution is 5.82. The molecular formula is C29H37F2N5O3. The number of amides is 1. The number of fused-ring (bicyclic) bond motifs is 1. The Hall–Kier alpha value is -3.40. The number of rotatable bonds is 9. The summed E-state index contributed by atoms with van der Waals surface area (Å²) in [6.45, 7) is 6.87. The average molecular weight is 542 g/mol. The molecule has 5 rings (SSSR count). The first kappa shape index (κ1) is 27.2. The average Bonchev–Trinajstić information content (AvgIpc) is 3.62. The van der Waals surface area contributed by atoms with Crippen LogP contribution in [0.3, 0.4) is 0 Å². The van der Waals surface area contributed by atoms with E-state index in [4.69, 9.17) is 9.72 Å². The van der Waals surface area contributed by atoms with Crippen LogP contribution in [0.4, 0.5) is 20.4 Å². The van der Waals surface area contributed by atoms with Crippen LogP contribution in [-0.2, 0) is 4.79 Å². The molecule has 1 aromatic heterocycles. The highest BCUT2D eigenvalue weighted by atomic mass is 19.3. The van der Waals surface area contributed by atoms with E-state index in [-0.39, 0.29) is 29.7 Å². The molecule has 1 amide bonds. The van der Waals surface area contributed by atoms with Crippen molar-refractivity contribution >= 4 is 28.6 Å². The van der Waals surface area contributed by atoms with Crippen molar-refractivity contribution in [3.8, 4) is 11.5 Å². The normalized spacial score (nSPS) is 21.0. The number of imidazole rings is 1. The van der Waals surface area contributed by atoms with Crippen molar-refractivity contribution < 1.29 is 23.0 Å². The van der Waals surface area contributed by atoms with Crippen LogP contribution in [0, 0.1) is 11.3 Å². The van der Waals surface area contributed by atoms with E-state index in [0.717, 1.165) is 43.1 Å². The van der Waals surface area contributed by atoms with Crippen LogP contribution in [0.15, 0.2) is 42.5 Å². The van der Waals surface area contributed by atoms with Gasteiger partial charge in [-0.1, -0.05) is 20.8 Å². The minimum absolute atomic E-state index is 0.0189. The van der Waals surface area contributed by atoms with E-state index in [1.165, 1.54) is 12.1 Å². The van der Waals surface area contributed by atoms with Gasteiger partial charge in [-0.2, -0.15) is 0 Å². The predicted molar refractivity (Wildman–Crippen MR) is 146 cm³/mol. The van der Waals surface area contributed by atoms with E-state index in [0.29, 0.717) is 29.3 Å². The number of halogens is 2. The Bertz CT molecular complexity index is 1330. The molecule has 2 atom stereocenters. The lowest BCUT2D eigenvalue weighted by molar-refractivity contribution is -0.170. The number of anilines is 2. The number of likely N-dealkylation sites (N-methyl/N-ethyl adjacent to an activating group) is 1. The second kappa shape index (κ2) is 10.3. The lowest BCUT2D eigenvalue weighted by Crippen LogP contribution is -2.35. The molecule has 2 fully saturated rings. The number of alkyl halides is 2. The molecule has 8 nitrogen and oxygen atoms in total. The number of ether oxygens (including phenoxy) is 2. The van der Waals surface area contributed by atoms with Crippen molar-refractivity contribution in [3.05, 3.63) is 42.5 Å². The summed E-state index contributed by atoms with van der Waals surface area (Å²) in [5, 5.41) is 3.37. The number of nitrogens with two attached hydrogens (primary N) is 1.